The van der Waals surface area contributed by atoms with E-state index in [2.05, 4.69) is 4.72 Å². The second-order valence-corrected chi connectivity index (χ2v) is 6.46. The summed E-state index contributed by atoms with van der Waals surface area (Å²) in [5.41, 5.74) is 0. The normalized spacial score (nSPS) is 11.1. The number of ether oxygens (including phenoxy) is 3. The molecule has 0 radical (unpaired) electrons. The molecule has 0 aliphatic rings. The third-order valence-corrected chi connectivity index (χ3v) is 4.61. The van der Waals surface area contributed by atoms with Crippen LogP contribution in [0.15, 0.2) is 47.4 Å². The van der Waals surface area contributed by atoms with Gasteiger partial charge in [0, 0.05) is 12.6 Å². The zero-order valence-electron chi connectivity index (χ0n) is 13.3. The zero-order chi connectivity index (χ0) is 17.6. The van der Waals surface area contributed by atoms with Crippen molar-refractivity contribution >= 4 is 10.0 Å². The fourth-order valence-electron chi connectivity index (χ4n) is 1.97. The molecule has 0 saturated carbocycles. The maximum atomic E-state index is 13.4. The number of hydrogen-bond acceptors (Lipinski definition) is 5. The second kappa shape index (κ2) is 7.98. The number of sulfonamides is 1. The Balaban J connectivity index is 1.97. The number of hydrogen-bond donors (Lipinski definition) is 1. The van der Waals surface area contributed by atoms with Gasteiger partial charge >= 0.3 is 0 Å². The molecule has 1 N–H and O–H groups in total. The van der Waals surface area contributed by atoms with E-state index >= 15 is 0 Å². The minimum atomic E-state index is -3.74. The maximum absolute atomic E-state index is 13.4. The van der Waals surface area contributed by atoms with Crippen molar-refractivity contribution in [1.82, 2.24) is 4.72 Å². The van der Waals surface area contributed by atoms with Gasteiger partial charge in [0.05, 0.1) is 19.1 Å². The lowest BCUT2D eigenvalue weighted by atomic mass is 10.3. The largest absolute Gasteiger partial charge is 0.493 e. The summed E-state index contributed by atoms with van der Waals surface area (Å²) in [6.45, 7) is -0.0154. The fraction of sp³-hybridized carbons (Fsp3) is 0.250. The summed E-state index contributed by atoms with van der Waals surface area (Å²) in [5.74, 6) is 0.311. The lowest BCUT2D eigenvalue weighted by molar-refractivity contribution is 0.306. The predicted molar refractivity (Wildman–Crippen MR) is 86.6 cm³/mol. The van der Waals surface area contributed by atoms with Crippen LogP contribution >= 0.6 is 0 Å². The number of halogens is 1. The highest BCUT2D eigenvalue weighted by Crippen LogP contribution is 2.29. The second-order valence-electron chi connectivity index (χ2n) is 4.69. The predicted octanol–water partition coefficient (Wildman–Crippen LogP) is 2.20. The van der Waals surface area contributed by atoms with Crippen LogP contribution in [0.2, 0.25) is 0 Å². The van der Waals surface area contributed by atoms with Gasteiger partial charge in [-0.1, -0.05) is 12.1 Å². The molecule has 0 aliphatic heterocycles. The summed E-state index contributed by atoms with van der Waals surface area (Å²) in [7, 11) is -0.859. The molecule has 0 aromatic heterocycles. The molecule has 130 valence electrons. The average molecular weight is 355 g/mol. The summed E-state index contributed by atoms with van der Waals surface area (Å²) < 4.78 is 55.6. The van der Waals surface area contributed by atoms with E-state index < -0.39 is 15.8 Å². The number of benzene rings is 2. The molecule has 0 atom stereocenters. The summed E-state index contributed by atoms with van der Waals surface area (Å²) in [6.07, 6.45) is 0. The quantitative estimate of drug-likeness (QED) is 0.735. The Labute approximate surface area is 140 Å². The van der Waals surface area contributed by atoms with Gasteiger partial charge in [0.15, 0.2) is 23.1 Å². The molecule has 0 amide bonds. The Morgan fingerprint density at radius 1 is 1.00 bits per heavy atom. The van der Waals surface area contributed by atoms with E-state index in [1.54, 1.807) is 12.1 Å². The first-order valence-corrected chi connectivity index (χ1v) is 8.55. The third kappa shape index (κ3) is 4.36. The lowest BCUT2D eigenvalue weighted by Gasteiger charge is -2.11. The minimum absolute atomic E-state index is 0.00650. The zero-order valence-corrected chi connectivity index (χ0v) is 14.1. The van der Waals surface area contributed by atoms with Gasteiger partial charge in [0.2, 0.25) is 10.0 Å². The van der Waals surface area contributed by atoms with Crippen molar-refractivity contribution in [2.75, 3.05) is 27.4 Å². The Bertz CT molecular complexity index is 795. The van der Waals surface area contributed by atoms with E-state index in [-0.39, 0.29) is 23.8 Å². The molecule has 24 heavy (non-hydrogen) atoms. The Morgan fingerprint density at radius 3 is 2.38 bits per heavy atom. The molecule has 0 aliphatic carbocycles. The van der Waals surface area contributed by atoms with E-state index in [0.29, 0.717) is 11.5 Å². The number of rotatable bonds is 8. The molecule has 0 unspecified atom stereocenters. The van der Waals surface area contributed by atoms with Crippen molar-refractivity contribution in [3.8, 4) is 17.2 Å². The molecule has 6 nitrogen and oxygen atoms in total. The summed E-state index contributed by atoms with van der Waals surface area (Å²) in [4.78, 5) is 0.0334. The first-order chi connectivity index (χ1) is 11.5. The molecule has 0 saturated heterocycles. The first-order valence-electron chi connectivity index (χ1n) is 7.07. The Kier molecular flexibility index (Phi) is 5.99. The first kappa shape index (κ1) is 18.0. The standard InChI is InChI=1S/C16H18FNO5S/c1-21-15-8-7-12(11-16(15)22-2)24(19,20)18-9-10-23-14-6-4-3-5-13(14)17/h3-8,11,18H,9-10H2,1-2H3. The van der Waals surface area contributed by atoms with Crippen LogP contribution in [0, 0.1) is 5.82 Å². The molecule has 0 fully saturated rings. The summed E-state index contributed by atoms with van der Waals surface area (Å²) in [5, 5.41) is 0. The van der Waals surface area contributed by atoms with Gasteiger partial charge in [-0.25, -0.2) is 17.5 Å². The molecule has 2 rings (SSSR count). The van der Waals surface area contributed by atoms with Gasteiger partial charge in [0.25, 0.3) is 0 Å². The van der Waals surface area contributed by atoms with Crippen molar-refractivity contribution in [1.29, 1.82) is 0 Å². The summed E-state index contributed by atoms with van der Waals surface area (Å²) in [6, 6.07) is 10.2. The SMILES string of the molecule is COc1ccc(S(=O)(=O)NCCOc2ccccc2F)cc1OC. The van der Waals surface area contributed by atoms with Crippen molar-refractivity contribution < 1.29 is 27.0 Å². The number of methoxy groups -OCH3 is 2. The average Bonchev–Trinajstić information content (AvgIpc) is 2.59. The van der Waals surface area contributed by atoms with Gasteiger partial charge in [-0.15, -0.1) is 0 Å². The van der Waals surface area contributed by atoms with Gasteiger partial charge in [0.1, 0.15) is 6.61 Å². The van der Waals surface area contributed by atoms with Crippen molar-refractivity contribution in [3.05, 3.63) is 48.3 Å². The van der Waals surface area contributed by atoms with Crippen LogP contribution in [0.25, 0.3) is 0 Å². The molecular weight excluding hydrogens is 337 g/mol. The van der Waals surface area contributed by atoms with Crippen LogP contribution in [-0.4, -0.2) is 35.8 Å². The Hall–Kier alpha value is -2.32. The maximum Gasteiger partial charge on any atom is 0.240 e. The van der Waals surface area contributed by atoms with Crippen LogP contribution in [0.5, 0.6) is 17.2 Å². The highest BCUT2D eigenvalue weighted by atomic mass is 32.2. The van der Waals surface area contributed by atoms with E-state index in [9.17, 15) is 12.8 Å². The molecule has 2 aromatic rings. The highest BCUT2D eigenvalue weighted by molar-refractivity contribution is 7.89. The van der Waals surface area contributed by atoms with E-state index in [1.165, 1.54) is 44.6 Å². The monoisotopic (exact) mass is 355 g/mol. The van der Waals surface area contributed by atoms with E-state index in [0.717, 1.165) is 0 Å². The molecule has 0 bridgehead atoms. The molecule has 0 heterocycles. The third-order valence-electron chi connectivity index (χ3n) is 3.15. The fourth-order valence-corrected chi connectivity index (χ4v) is 2.99. The molecule has 2 aromatic carbocycles. The summed E-state index contributed by atoms with van der Waals surface area (Å²) >= 11 is 0. The van der Waals surface area contributed by atoms with E-state index in [4.69, 9.17) is 14.2 Å². The van der Waals surface area contributed by atoms with Crippen LogP contribution in [0.4, 0.5) is 4.39 Å². The van der Waals surface area contributed by atoms with E-state index in [1.807, 2.05) is 0 Å². The van der Waals surface area contributed by atoms with Crippen LogP contribution in [0.1, 0.15) is 0 Å². The highest BCUT2D eigenvalue weighted by Gasteiger charge is 2.16. The Morgan fingerprint density at radius 2 is 1.71 bits per heavy atom. The lowest BCUT2D eigenvalue weighted by Crippen LogP contribution is -2.28. The topological polar surface area (TPSA) is 73.9 Å². The molecule has 0 spiro atoms. The van der Waals surface area contributed by atoms with Crippen molar-refractivity contribution in [2.45, 2.75) is 4.90 Å². The number of para-hydroxylation sites is 1. The van der Waals surface area contributed by atoms with Gasteiger partial charge in [-0.2, -0.15) is 0 Å². The van der Waals surface area contributed by atoms with Crippen LogP contribution < -0.4 is 18.9 Å². The smallest absolute Gasteiger partial charge is 0.240 e. The van der Waals surface area contributed by atoms with Gasteiger partial charge in [-0.05, 0) is 24.3 Å². The van der Waals surface area contributed by atoms with Crippen molar-refractivity contribution in [3.63, 3.8) is 0 Å². The van der Waals surface area contributed by atoms with Crippen LogP contribution in [0.3, 0.4) is 0 Å². The van der Waals surface area contributed by atoms with Gasteiger partial charge < -0.3 is 14.2 Å². The molecular formula is C16H18FNO5S. The van der Waals surface area contributed by atoms with Crippen LogP contribution in [-0.2, 0) is 10.0 Å². The van der Waals surface area contributed by atoms with Gasteiger partial charge in [-0.3, -0.25) is 0 Å². The number of nitrogens with one attached hydrogen (secondary N) is 1. The molecule has 8 heteroatoms. The minimum Gasteiger partial charge on any atom is -0.493 e. The van der Waals surface area contributed by atoms with Crippen molar-refractivity contribution in [2.24, 2.45) is 0 Å².